The van der Waals surface area contributed by atoms with E-state index in [-0.39, 0.29) is 0 Å². The van der Waals surface area contributed by atoms with Crippen LogP contribution in [0.1, 0.15) is 6.42 Å². The number of furan rings is 1. The molecule has 1 heterocycles. The van der Waals surface area contributed by atoms with Crippen molar-refractivity contribution < 1.29 is 13.9 Å². The standard InChI is InChI=1S/C13H15BO3/c14-11-4-6-12(7-5-11)15-9-2-10-17-13-3-1-8-16-13/h1,3-8H,2,9-10,14H2. The van der Waals surface area contributed by atoms with Crippen LogP contribution < -0.4 is 14.9 Å². The number of hydrogen-bond acceptors (Lipinski definition) is 3. The Bertz CT molecular complexity index is 422. The van der Waals surface area contributed by atoms with Gasteiger partial charge in [0.15, 0.2) is 0 Å². The third-order valence-corrected chi connectivity index (χ3v) is 2.32. The van der Waals surface area contributed by atoms with Crippen molar-refractivity contribution in [2.45, 2.75) is 6.42 Å². The van der Waals surface area contributed by atoms with Crippen LogP contribution in [-0.2, 0) is 0 Å². The van der Waals surface area contributed by atoms with E-state index in [0.29, 0.717) is 19.2 Å². The molecule has 2 aromatic rings. The first-order valence-corrected chi connectivity index (χ1v) is 5.70. The van der Waals surface area contributed by atoms with E-state index >= 15 is 0 Å². The maximum absolute atomic E-state index is 5.57. The molecular weight excluding hydrogens is 215 g/mol. The molecule has 0 saturated carbocycles. The molecule has 17 heavy (non-hydrogen) atoms. The van der Waals surface area contributed by atoms with E-state index in [4.69, 9.17) is 13.9 Å². The minimum absolute atomic E-state index is 0.556. The van der Waals surface area contributed by atoms with Crippen LogP contribution in [0, 0.1) is 0 Å². The predicted molar refractivity (Wildman–Crippen MR) is 68.9 cm³/mol. The van der Waals surface area contributed by atoms with E-state index in [9.17, 15) is 0 Å². The molecule has 0 fully saturated rings. The van der Waals surface area contributed by atoms with Gasteiger partial charge in [-0.15, -0.1) is 0 Å². The van der Waals surface area contributed by atoms with Crippen LogP contribution in [0.15, 0.2) is 47.1 Å². The Balaban J connectivity index is 1.61. The van der Waals surface area contributed by atoms with Gasteiger partial charge in [-0.2, -0.15) is 0 Å². The Labute approximate surface area is 102 Å². The van der Waals surface area contributed by atoms with Crippen LogP contribution in [0.4, 0.5) is 0 Å². The van der Waals surface area contributed by atoms with Crippen LogP contribution in [0.2, 0.25) is 0 Å². The van der Waals surface area contributed by atoms with Crippen molar-refractivity contribution in [2.24, 2.45) is 0 Å². The second kappa shape index (κ2) is 6.04. The lowest BCUT2D eigenvalue weighted by Crippen LogP contribution is -2.06. The zero-order chi connectivity index (χ0) is 11.9. The molecule has 2 rings (SSSR count). The highest BCUT2D eigenvalue weighted by molar-refractivity contribution is 6.32. The lowest BCUT2D eigenvalue weighted by molar-refractivity contribution is 0.210. The molecule has 0 aliphatic rings. The molecule has 0 bridgehead atoms. The van der Waals surface area contributed by atoms with E-state index in [0.717, 1.165) is 12.2 Å². The van der Waals surface area contributed by atoms with Gasteiger partial charge in [0.25, 0.3) is 5.95 Å². The lowest BCUT2D eigenvalue weighted by Gasteiger charge is -2.06. The molecule has 4 heteroatoms. The fraction of sp³-hybridized carbons (Fsp3) is 0.231. The summed E-state index contributed by atoms with van der Waals surface area (Å²) in [5.74, 6) is 1.45. The average Bonchev–Trinajstić information content (AvgIpc) is 2.84. The van der Waals surface area contributed by atoms with Crippen LogP contribution in [0.5, 0.6) is 11.7 Å². The van der Waals surface area contributed by atoms with E-state index in [2.05, 4.69) is 7.85 Å². The molecule has 0 spiro atoms. The van der Waals surface area contributed by atoms with Gasteiger partial charge in [-0.05, 0) is 18.2 Å². The van der Waals surface area contributed by atoms with Crippen molar-refractivity contribution in [3.05, 3.63) is 42.7 Å². The molecule has 0 atom stereocenters. The molecule has 0 aliphatic heterocycles. The minimum atomic E-state index is 0.556. The first-order valence-electron chi connectivity index (χ1n) is 5.70. The first-order chi connectivity index (χ1) is 8.34. The number of ether oxygens (including phenoxy) is 2. The summed E-state index contributed by atoms with van der Waals surface area (Å²) in [6, 6.07) is 11.6. The van der Waals surface area contributed by atoms with E-state index < -0.39 is 0 Å². The van der Waals surface area contributed by atoms with E-state index in [1.807, 2.05) is 24.3 Å². The van der Waals surface area contributed by atoms with Crippen molar-refractivity contribution in [1.29, 1.82) is 0 Å². The van der Waals surface area contributed by atoms with Crippen molar-refractivity contribution in [2.75, 3.05) is 13.2 Å². The summed E-state index contributed by atoms with van der Waals surface area (Å²) >= 11 is 0. The van der Waals surface area contributed by atoms with Gasteiger partial charge in [0, 0.05) is 12.5 Å². The Hall–Kier alpha value is -1.84. The zero-order valence-electron chi connectivity index (χ0n) is 9.89. The van der Waals surface area contributed by atoms with Gasteiger partial charge in [-0.1, -0.05) is 17.6 Å². The van der Waals surface area contributed by atoms with Crippen molar-refractivity contribution in [3.8, 4) is 11.7 Å². The molecule has 0 aliphatic carbocycles. The van der Waals surface area contributed by atoms with E-state index in [1.54, 1.807) is 18.4 Å². The first kappa shape index (κ1) is 11.6. The Morgan fingerprint density at radius 1 is 1.00 bits per heavy atom. The molecule has 1 aromatic carbocycles. The zero-order valence-corrected chi connectivity index (χ0v) is 9.89. The lowest BCUT2D eigenvalue weighted by atomic mass is 9.97. The van der Waals surface area contributed by atoms with Crippen molar-refractivity contribution >= 4 is 13.3 Å². The topological polar surface area (TPSA) is 31.6 Å². The summed E-state index contributed by atoms with van der Waals surface area (Å²) in [7, 11) is 2.06. The molecule has 0 saturated heterocycles. The summed E-state index contributed by atoms with van der Waals surface area (Å²) in [4.78, 5) is 0. The SMILES string of the molecule is Bc1ccc(OCCCOc2ccco2)cc1. The molecular formula is C13H15BO3. The van der Waals surface area contributed by atoms with Gasteiger partial charge in [0.2, 0.25) is 0 Å². The van der Waals surface area contributed by atoms with Crippen LogP contribution in [-0.4, -0.2) is 21.1 Å². The van der Waals surface area contributed by atoms with Gasteiger partial charge in [0.05, 0.1) is 19.5 Å². The van der Waals surface area contributed by atoms with E-state index in [1.165, 1.54) is 5.46 Å². The molecule has 0 radical (unpaired) electrons. The Kier molecular flexibility index (Phi) is 4.14. The van der Waals surface area contributed by atoms with Crippen LogP contribution in [0.25, 0.3) is 0 Å². The molecule has 1 aromatic heterocycles. The third kappa shape index (κ3) is 3.91. The maximum atomic E-state index is 5.57. The van der Waals surface area contributed by atoms with Gasteiger partial charge in [-0.25, -0.2) is 0 Å². The number of hydrogen-bond donors (Lipinski definition) is 0. The summed E-state index contributed by atoms with van der Waals surface area (Å²) in [5, 5.41) is 0. The number of benzene rings is 1. The van der Waals surface area contributed by atoms with Gasteiger partial charge >= 0.3 is 0 Å². The fourth-order valence-electron chi connectivity index (χ4n) is 1.40. The maximum Gasteiger partial charge on any atom is 0.284 e. The normalized spacial score (nSPS) is 10.1. The molecule has 3 nitrogen and oxygen atoms in total. The van der Waals surface area contributed by atoms with Gasteiger partial charge < -0.3 is 13.9 Å². The highest BCUT2D eigenvalue weighted by Crippen LogP contribution is 2.10. The van der Waals surface area contributed by atoms with Crippen LogP contribution in [0.3, 0.4) is 0 Å². The molecule has 0 amide bonds. The van der Waals surface area contributed by atoms with Gasteiger partial charge in [0.1, 0.15) is 13.6 Å². The molecule has 0 N–H and O–H groups in total. The highest BCUT2D eigenvalue weighted by Gasteiger charge is 1.96. The summed E-state index contributed by atoms with van der Waals surface area (Å²) < 4.78 is 16.0. The molecule has 0 unspecified atom stereocenters. The predicted octanol–water partition coefficient (Wildman–Crippen LogP) is 1.39. The Morgan fingerprint density at radius 3 is 2.47 bits per heavy atom. The summed E-state index contributed by atoms with van der Waals surface area (Å²) in [6.45, 7) is 1.24. The average molecular weight is 230 g/mol. The van der Waals surface area contributed by atoms with Crippen LogP contribution >= 0.6 is 0 Å². The summed E-state index contributed by atoms with van der Waals surface area (Å²) in [5.41, 5.74) is 1.23. The number of rotatable bonds is 6. The smallest absolute Gasteiger partial charge is 0.284 e. The highest BCUT2D eigenvalue weighted by atomic mass is 16.6. The second-order valence-corrected chi connectivity index (χ2v) is 3.80. The second-order valence-electron chi connectivity index (χ2n) is 3.80. The third-order valence-electron chi connectivity index (χ3n) is 2.32. The minimum Gasteiger partial charge on any atom is -0.493 e. The molecule has 88 valence electrons. The van der Waals surface area contributed by atoms with Crippen molar-refractivity contribution in [3.63, 3.8) is 0 Å². The summed E-state index contributed by atoms with van der Waals surface area (Å²) in [6.07, 6.45) is 2.42. The van der Waals surface area contributed by atoms with Crippen molar-refractivity contribution in [1.82, 2.24) is 0 Å². The quantitative estimate of drug-likeness (QED) is 0.555. The monoisotopic (exact) mass is 230 g/mol. The van der Waals surface area contributed by atoms with Gasteiger partial charge in [-0.3, -0.25) is 0 Å². The Morgan fingerprint density at radius 2 is 1.76 bits per heavy atom. The fourth-order valence-corrected chi connectivity index (χ4v) is 1.40. The largest absolute Gasteiger partial charge is 0.493 e.